The van der Waals surface area contributed by atoms with E-state index < -0.39 is 4.92 Å². The second-order valence-corrected chi connectivity index (χ2v) is 7.52. The fourth-order valence-electron chi connectivity index (χ4n) is 2.78. The molecule has 1 amide bonds. The second-order valence-electron chi connectivity index (χ2n) is 6.45. The van der Waals surface area contributed by atoms with Crippen LogP contribution in [0.3, 0.4) is 0 Å². The van der Waals surface area contributed by atoms with Crippen LogP contribution in [0.4, 0.5) is 11.4 Å². The van der Waals surface area contributed by atoms with Gasteiger partial charge in [-0.3, -0.25) is 14.9 Å². The molecule has 1 heterocycles. The van der Waals surface area contributed by atoms with Gasteiger partial charge in [0, 0.05) is 0 Å². The molecule has 0 saturated carbocycles. The molecule has 146 valence electrons. The van der Waals surface area contributed by atoms with E-state index in [2.05, 4.69) is 10.3 Å². The summed E-state index contributed by atoms with van der Waals surface area (Å²) in [5.74, 6) is 0.0515. The van der Waals surface area contributed by atoms with Gasteiger partial charge in [0.05, 0.1) is 35.4 Å². The number of nitrogens with zero attached hydrogens (tertiary/aromatic N) is 2. The molecule has 0 radical (unpaired) electrons. The predicted molar refractivity (Wildman–Crippen MR) is 108 cm³/mol. The number of anilines is 1. The molecule has 1 aromatic heterocycles. The molecule has 2 aromatic carbocycles. The number of rotatable bonds is 7. The van der Waals surface area contributed by atoms with E-state index in [-0.39, 0.29) is 29.9 Å². The topological polar surface area (TPSA) is 98.8 Å². The summed E-state index contributed by atoms with van der Waals surface area (Å²) in [5, 5.41) is 14.8. The summed E-state index contributed by atoms with van der Waals surface area (Å²) in [6, 6.07) is 12.2. The number of hydrogen-bond donors (Lipinski definition) is 2. The number of aromatic nitrogens is 1. The van der Waals surface area contributed by atoms with Crippen LogP contribution in [0.2, 0.25) is 0 Å². The Morgan fingerprint density at radius 1 is 1.36 bits per heavy atom. The van der Waals surface area contributed by atoms with Crippen LogP contribution in [-0.2, 0) is 4.79 Å². The molecule has 28 heavy (non-hydrogen) atoms. The third-order valence-corrected chi connectivity index (χ3v) is 5.75. The molecule has 0 aliphatic heterocycles. The van der Waals surface area contributed by atoms with Crippen LogP contribution in [-0.4, -0.2) is 36.5 Å². The molecule has 8 nitrogen and oxygen atoms in total. The first-order chi connectivity index (χ1) is 13.4. The average molecular weight is 401 g/mol. The van der Waals surface area contributed by atoms with Crippen LogP contribution < -0.4 is 15.0 Å². The zero-order chi connectivity index (χ0) is 20.3. The number of quaternary nitrogens is 1. The van der Waals surface area contributed by atoms with Crippen molar-refractivity contribution in [3.63, 3.8) is 0 Å². The molecule has 0 spiro atoms. The van der Waals surface area contributed by atoms with E-state index in [9.17, 15) is 14.9 Å². The number of methoxy groups -OCH3 is 1. The summed E-state index contributed by atoms with van der Waals surface area (Å²) >= 11 is 1.61. The Bertz CT molecular complexity index is 987. The Morgan fingerprint density at radius 2 is 2.11 bits per heavy atom. The lowest BCUT2D eigenvalue weighted by Crippen LogP contribution is -3.10. The smallest absolute Gasteiger partial charge is 0.296 e. The number of thiazole rings is 1. The highest BCUT2D eigenvalue weighted by Crippen LogP contribution is 2.29. The van der Waals surface area contributed by atoms with Crippen LogP contribution in [0.1, 0.15) is 18.0 Å². The van der Waals surface area contributed by atoms with Gasteiger partial charge in [-0.25, -0.2) is 4.98 Å². The fraction of sp³-hybridized carbons (Fsp3) is 0.263. The molecule has 2 N–H and O–H groups in total. The standard InChI is InChI=1S/C19H20N4O4S/c1-12(19-21-15-6-4-5-7-17(15)28-19)22(2)11-18(24)20-14-9-8-13(27-3)10-16(14)23(25)26/h4-10,12H,11H2,1-3H3,(H,20,24)/p+1/t12-/m1/s1. The Kier molecular flexibility index (Phi) is 5.86. The molecule has 1 unspecified atom stereocenters. The minimum absolute atomic E-state index is 0.00834. The van der Waals surface area contributed by atoms with Crippen molar-refractivity contribution in [1.82, 2.24) is 4.98 Å². The summed E-state index contributed by atoms with van der Waals surface area (Å²) in [6.45, 7) is 2.16. The van der Waals surface area contributed by atoms with E-state index in [4.69, 9.17) is 4.74 Å². The average Bonchev–Trinajstić information content (AvgIpc) is 3.11. The molecular weight excluding hydrogens is 380 g/mol. The van der Waals surface area contributed by atoms with Gasteiger partial charge in [0.15, 0.2) is 11.6 Å². The molecule has 0 aliphatic carbocycles. The van der Waals surface area contributed by atoms with Crippen LogP contribution in [0.5, 0.6) is 5.75 Å². The van der Waals surface area contributed by atoms with Crippen molar-refractivity contribution >= 4 is 38.8 Å². The first-order valence-corrected chi connectivity index (χ1v) is 9.50. The number of nitrogens with one attached hydrogen (secondary N) is 2. The third kappa shape index (κ3) is 4.26. The number of benzene rings is 2. The van der Waals surface area contributed by atoms with Crippen molar-refractivity contribution < 1.29 is 19.4 Å². The van der Waals surface area contributed by atoms with Gasteiger partial charge in [-0.1, -0.05) is 12.1 Å². The zero-order valence-electron chi connectivity index (χ0n) is 15.8. The minimum Gasteiger partial charge on any atom is -0.496 e. The monoisotopic (exact) mass is 401 g/mol. The number of nitro groups is 1. The molecular formula is C19H21N4O4S+. The quantitative estimate of drug-likeness (QED) is 0.468. The van der Waals surface area contributed by atoms with Gasteiger partial charge < -0.3 is 15.0 Å². The number of hydrogen-bond acceptors (Lipinski definition) is 6. The highest BCUT2D eigenvalue weighted by Gasteiger charge is 2.24. The van der Waals surface area contributed by atoms with Crippen LogP contribution in [0.25, 0.3) is 10.2 Å². The van der Waals surface area contributed by atoms with Crippen molar-refractivity contribution in [1.29, 1.82) is 0 Å². The number of para-hydroxylation sites is 1. The number of amides is 1. The highest BCUT2D eigenvalue weighted by molar-refractivity contribution is 7.18. The minimum atomic E-state index is -0.543. The van der Waals surface area contributed by atoms with Gasteiger partial charge >= 0.3 is 0 Å². The molecule has 0 bridgehead atoms. The maximum atomic E-state index is 12.5. The summed E-state index contributed by atoms with van der Waals surface area (Å²) in [6.07, 6.45) is 0. The van der Waals surface area contributed by atoms with Crippen LogP contribution in [0.15, 0.2) is 42.5 Å². The van der Waals surface area contributed by atoms with Gasteiger partial charge in [0.25, 0.3) is 11.6 Å². The van der Waals surface area contributed by atoms with Crippen LogP contribution in [0, 0.1) is 10.1 Å². The number of carbonyl (C=O) groups is 1. The van der Waals surface area contributed by atoms with Crippen LogP contribution >= 0.6 is 11.3 Å². The summed E-state index contributed by atoms with van der Waals surface area (Å²) in [5.41, 5.74) is 0.890. The SMILES string of the molecule is COc1ccc(NC(=O)C[NH+](C)[C@H](C)c2nc3ccccc3s2)c([N+](=O)[O-])c1. The Hall–Kier alpha value is -3.04. The lowest BCUT2D eigenvalue weighted by atomic mass is 10.2. The van der Waals surface area contributed by atoms with Gasteiger partial charge in [0.2, 0.25) is 0 Å². The molecule has 3 aromatic rings. The Balaban J connectivity index is 1.69. The molecule has 0 fully saturated rings. The van der Waals surface area contributed by atoms with E-state index >= 15 is 0 Å². The normalized spacial score (nSPS) is 13.1. The van der Waals surface area contributed by atoms with Gasteiger partial charge in [-0.2, -0.15) is 0 Å². The van der Waals surface area contributed by atoms with Crippen molar-refractivity contribution in [2.75, 3.05) is 26.0 Å². The number of ether oxygens (including phenoxy) is 1. The van der Waals surface area contributed by atoms with E-state index in [0.717, 1.165) is 20.1 Å². The lowest BCUT2D eigenvalue weighted by molar-refractivity contribution is -0.902. The van der Waals surface area contributed by atoms with Crippen molar-refractivity contribution in [3.05, 3.63) is 57.6 Å². The molecule has 0 saturated heterocycles. The lowest BCUT2D eigenvalue weighted by Gasteiger charge is -2.19. The van der Waals surface area contributed by atoms with Gasteiger partial charge in [-0.15, -0.1) is 11.3 Å². The Labute approximate surface area is 165 Å². The second kappa shape index (κ2) is 8.32. The number of fused-ring (bicyclic) bond motifs is 1. The van der Waals surface area contributed by atoms with Crippen molar-refractivity contribution in [2.24, 2.45) is 0 Å². The fourth-order valence-corrected chi connectivity index (χ4v) is 3.89. The van der Waals surface area contributed by atoms with Crippen molar-refractivity contribution in [2.45, 2.75) is 13.0 Å². The predicted octanol–water partition coefficient (Wildman–Crippen LogP) is 2.43. The van der Waals surface area contributed by atoms with E-state index in [1.807, 2.05) is 38.2 Å². The van der Waals surface area contributed by atoms with Gasteiger partial charge in [-0.05, 0) is 31.2 Å². The summed E-state index contributed by atoms with van der Waals surface area (Å²) < 4.78 is 6.11. The van der Waals surface area contributed by atoms with E-state index in [0.29, 0.717) is 5.75 Å². The maximum Gasteiger partial charge on any atom is 0.296 e. The van der Waals surface area contributed by atoms with Crippen molar-refractivity contribution in [3.8, 4) is 5.75 Å². The number of carbonyl (C=O) groups excluding carboxylic acids is 1. The third-order valence-electron chi connectivity index (χ3n) is 4.54. The zero-order valence-corrected chi connectivity index (χ0v) is 16.6. The highest BCUT2D eigenvalue weighted by atomic mass is 32.1. The number of likely N-dealkylation sites (N-methyl/N-ethyl adjacent to an activating group) is 1. The first-order valence-electron chi connectivity index (χ1n) is 8.69. The largest absolute Gasteiger partial charge is 0.496 e. The van der Waals surface area contributed by atoms with E-state index in [1.54, 1.807) is 17.4 Å². The Morgan fingerprint density at radius 3 is 2.79 bits per heavy atom. The first kappa shape index (κ1) is 19.7. The molecule has 9 heteroatoms. The van der Waals surface area contributed by atoms with Gasteiger partial charge in [0.1, 0.15) is 17.5 Å². The summed E-state index contributed by atoms with van der Waals surface area (Å²) in [4.78, 5) is 28.8. The molecule has 0 aliphatic rings. The maximum absolute atomic E-state index is 12.5. The number of nitro benzene ring substituents is 1. The molecule has 2 atom stereocenters. The molecule has 3 rings (SSSR count). The summed E-state index contributed by atoms with van der Waals surface area (Å²) in [7, 11) is 3.33. The van der Waals surface area contributed by atoms with E-state index in [1.165, 1.54) is 19.2 Å².